The minimum absolute atomic E-state index is 0.404. The lowest BCUT2D eigenvalue weighted by molar-refractivity contribution is -0.122. The van der Waals surface area contributed by atoms with Crippen LogP contribution in [0.15, 0.2) is 0 Å². The molecule has 0 aliphatic heterocycles. The largest absolute Gasteiger partial charge is 0.394 e. The van der Waals surface area contributed by atoms with Crippen molar-refractivity contribution in [2.45, 2.75) is 24.4 Å². The van der Waals surface area contributed by atoms with E-state index in [0.717, 1.165) is 0 Å². The van der Waals surface area contributed by atoms with Crippen LogP contribution in [0.2, 0.25) is 0 Å². The number of methoxy groups -OCH3 is 1. The zero-order chi connectivity index (χ0) is 10.4. The second-order valence-electron chi connectivity index (χ2n) is 2.65. The number of hydrogen-bond donors (Lipinski definition) is 4. The third-order valence-electron chi connectivity index (χ3n) is 1.73. The van der Waals surface area contributed by atoms with Crippen LogP contribution in [0, 0.1) is 0 Å². The van der Waals surface area contributed by atoms with Crippen LogP contribution in [0.25, 0.3) is 0 Å². The van der Waals surface area contributed by atoms with Crippen LogP contribution in [-0.4, -0.2) is 59.7 Å². The number of aliphatic hydroxyl groups is 3. The zero-order valence-electron chi connectivity index (χ0n) is 7.33. The maximum atomic E-state index is 10.3. The number of hydrogen-bond acceptors (Lipinski definition) is 6. The van der Waals surface area contributed by atoms with E-state index in [1.54, 1.807) is 0 Å². The molecule has 78 valence electrons. The Hall–Kier alpha value is -0.530. The Labute approximate surface area is 75.9 Å². The van der Waals surface area contributed by atoms with E-state index in [1.165, 1.54) is 7.11 Å². The number of carbonyl (C=O) groups excluding carboxylic acids is 1. The molecular weight excluding hydrogens is 178 g/mol. The van der Waals surface area contributed by atoms with Gasteiger partial charge in [-0.05, 0) is 0 Å². The Bertz CT molecular complexity index is 154. The van der Waals surface area contributed by atoms with Crippen molar-refractivity contribution >= 4 is 6.29 Å². The number of nitrogens with two attached hydrogens (primary N) is 1. The number of aliphatic hydroxyl groups excluding tert-OH is 3. The van der Waals surface area contributed by atoms with Crippen molar-refractivity contribution < 1.29 is 24.9 Å². The lowest BCUT2D eigenvalue weighted by Crippen LogP contribution is -2.51. The maximum Gasteiger partial charge on any atom is 0.139 e. The molecule has 0 saturated heterocycles. The van der Waals surface area contributed by atoms with Gasteiger partial charge in [0.15, 0.2) is 0 Å². The van der Waals surface area contributed by atoms with Crippen LogP contribution in [0.4, 0.5) is 0 Å². The van der Waals surface area contributed by atoms with Crippen molar-refractivity contribution in [3.05, 3.63) is 0 Å². The van der Waals surface area contributed by atoms with Crippen molar-refractivity contribution in [3.63, 3.8) is 0 Å². The molecule has 0 rings (SSSR count). The smallest absolute Gasteiger partial charge is 0.139 e. The number of carbonyl (C=O) groups is 1. The first-order valence-electron chi connectivity index (χ1n) is 3.79. The van der Waals surface area contributed by atoms with Gasteiger partial charge in [0.25, 0.3) is 0 Å². The fourth-order valence-electron chi connectivity index (χ4n) is 0.929. The molecule has 0 bridgehead atoms. The Morgan fingerprint density at radius 2 is 2.08 bits per heavy atom. The van der Waals surface area contributed by atoms with Crippen LogP contribution in [-0.2, 0) is 9.53 Å². The molecule has 0 amide bonds. The van der Waals surface area contributed by atoms with Crippen molar-refractivity contribution in [2.24, 2.45) is 5.73 Å². The molecule has 0 heterocycles. The Kier molecular flexibility index (Phi) is 5.76. The number of aldehydes is 1. The molecule has 4 atom stereocenters. The highest BCUT2D eigenvalue weighted by Gasteiger charge is 2.30. The Morgan fingerprint density at radius 1 is 1.54 bits per heavy atom. The van der Waals surface area contributed by atoms with E-state index in [-0.39, 0.29) is 0 Å². The standard InChI is InChI=1S/C7H15NO5/c1-13-7(4(8)2-9)6(12)5(11)3-10/h2,4-7,10-12H,3,8H2,1H3/t4-,5+,6+,7+/m0/s1. The minimum Gasteiger partial charge on any atom is -0.394 e. The summed E-state index contributed by atoms with van der Waals surface area (Å²) in [4.78, 5) is 10.3. The maximum absolute atomic E-state index is 10.3. The van der Waals surface area contributed by atoms with Gasteiger partial charge in [-0.3, -0.25) is 0 Å². The van der Waals surface area contributed by atoms with Gasteiger partial charge in [0.2, 0.25) is 0 Å². The predicted molar refractivity (Wildman–Crippen MR) is 43.9 cm³/mol. The van der Waals surface area contributed by atoms with E-state index in [2.05, 4.69) is 0 Å². The van der Waals surface area contributed by atoms with Gasteiger partial charge in [0.1, 0.15) is 24.6 Å². The second-order valence-corrected chi connectivity index (χ2v) is 2.65. The summed E-state index contributed by atoms with van der Waals surface area (Å²) in [6.45, 7) is -0.618. The second kappa shape index (κ2) is 6.01. The first kappa shape index (κ1) is 12.5. The molecule has 0 fully saturated rings. The number of ether oxygens (including phenoxy) is 1. The molecule has 6 nitrogen and oxygen atoms in total. The lowest BCUT2D eigenvalue weighted by atomic mass is 10.0. The van der Waals surface area contributed by atoms with E-state index in [1.807, 2.05) is 0 Å². The summed E-state index contributed by atoms with van der Waals surface area (Å²) in [5.41, 5.74) is 5.28. The molecule has 0 saturated carbocycles. The summed E-state index contributed by atoms with van der Waals surface area (Å²) in [6, 6.07) is -1.03. The van der Waals surface area contributed by atoms with Crippen LogP contribution in [0.3, 0.4) is 0 Å². The molecule has 0 spiro atoms. The van der Waals surface area contributed by atoms with Gasteiger partial charge in [0, 0.05) is 7.11 Å². The molecule has 0 aliphatic carbocycles. The quantitative estimate of drug-likeness (QED) is 0.340. The van der Waals surface area contributed by atoms with E-state index < -0.39 is 31.0 Å². The van der Waals surface area contributed by atoms with Gasteiger partial charge >= 0.3 is 0 Å². The highest BCUT2D eigenvalue weighted by Crippen LogP contribution is 2.05. The van der Waals surface area contributed by atoms with Crippen molar-refractivity contribution in [2.75, 3.05) is 13.7 Å². The normalized spacial score (nSPS) is 20.4. The van der Waals surface area contributed by atoms with Gasteiger partial charge in [0.05, 0.1) is 12.6 Å². The summed E-state index contributed by atoms with van der Waals surface area (Å²) in [5, 5.41) is 26.8. The highest BCUT2D eigenvalue weighted by molar-refractivity contribution is 5.58. The fourth-order valence-corrected chi connectivity index (χ4v) is 0.929. The Morgan fingerprint density at radius 3 is 2.38 bits per heavy atom. The highest BCUT2D eigenvalue weighted by atomic mass is 16.5. The summed E-state index contributed by atoms with van der Waals surface area (Å²) in [6.07, 6.45) is -3.35. The average Bonchev–Trinajstić information content (AvgIpc) is 2.17. The van der Waals surface area contributed by atoms with Crippen LogP contribution in [0.1, 0.15) is 0 Å². The van der Waals surface area contributed by atoms with Gasteiger partial charge < -0.3 is 30.6 Å². The first-order valence-corrected chi connectivity index (χ1v) is 3.79. The molecule has 0 aromatic rings. The van der Waals surface area contributed by atoms with Crippen LogP contribution >= 0.6 is 0 Å². The molecule has 5 N–H and O–H groups in total. The van der Waals surface area contributed by atoms with Crippen molar-refractivity contribution in [3.8, 4) is 0 Å². The van der Waals surface area contributed by atoms with E-state index in [9.17, 15) is 9.90 Å². The lowest BCUT2D eigenvalue weighted by Gasteiger charge is -2.26. The summed E-state index contributed by atoms with van der Waals surface area (Å²) < 4.78 is 4.71. The zero-order valence-corrected chi connectivity index (χ0v) is 7.33. The SMILES string of the molecule is CO[C@@H]([C@H](O)[C@H](O)CO)[C@@H](N)C=O. The minimum atomic E-state index is -1.38. The summed E-state index contributed by atoms with van der Waals surface area (Å²) >= 11 is 0. The predicted octanol–water partition coefficient (Wildman–Crippen LogP) is -2.76. The van der Waals surface area contributed by atoms with E-state index >= 15 is 0 Å². The van der Waals surface area contributed by atoms with Gasteiger partial charge in [-0.25, -0.2) is 0 Å². The monoisotopic (exact) mass is 193 g/mol. The van der Waals surface area contributed by atoms with Gasteiger partial charge in [-0.15, -0.1) is 0 Å². The van der Waals surface area contributed by atoms with Crippen LogP contribution < -0.4 is 5.73 Å². The molecule has 0 aromatic heterocycles. The Balaban J connectivity index is 4.29. The summed E-state index contributed by atoms with van der Waals surface area (Å²) in [7, 11) is 1.25. The van der Waals surface area contributed by atoms with Crippen molar-refractivity contribution in [1.82, 2.24) is 0 Å². The topological polar surface area (TPSA) is 113 Å². The molecular formula is C7H15NO5. The molecule has 0 radical (unpaired) electrons. The first-order chi connectivity index (χ1) is 6.08. The third-order valence-corrected chi connectivity index (χ3v) is 1.73. The van der Waals surface area contributed by atoms with Gasteiger partial charge in [-0.2, -0.15) is 0 Å². The molecule has 6 heteroatoms. The molecule has 13 heavy (non-hydrogen) atoms. The molecule has 0 aliphatic rings. The van der Waals surface area contributed by atoms with E-state index in [4.69, 9.17) is 20.7 Å². The number of rotatable bonds is 6. The molecule has 0 aromatic carbocycles. The van der Waals surface area contributed by atoms with Gasteiger partial charge in [-0.1, -0.05) is 0 Å². The average molecular weight is 193 g/mol. The van der Waals surface area contributed by atoms with Crippen LogP contribution in [0.5, 0.6) is 0 Å². The van der Waals surface area contributed by atoms with Crippen molar-refractivity contribution in [1.29, 1.82) is 0 Å². The third kappa shape index (κ3) is 3.37. The van der Waals surface area contributed by atoms with E-state index in [0.29, 0.717) is 6.29 Å². The summed E-state index contributed by atoms with van der Waals surface area (Å²) in [5.74, 6) is 0. The molecule has 0 unspecified atom stereocenters. The fraction of sp³-hybridized carbons (Fsp3) is 0.857.